The Balaban J connectivity index is 1.03. The van der Waals surface area contributed by atoms with Crippen LogP contribution in [0.25, 0.3) is 0 Å². The van der Waals surface area contributed by atoms with Gasteiger partial charge < -0.3 is 25.2 Å². The number of anilines is 1. The van der Waals surface area contributed by atoms with Gasteiger partial charge in [-0.1, -0.05) is 66.7 Å². The number of benzene rings is 3. The summed E-state index contributed by atoms with van der Waals surface area (Å²) in [7, 11) is 0. The molecule has 1 fully saturated rings. The van der Waals surface area contributed by atoms with Crippen LogP contribution in [0, 0.1) is 5.92 Å². The highest BCUT2D eigenvalue weighted by atomic mass is 32.1. The van der Waals surface area contributed by atoms with E-state index in [9.17, 15) is 19.2 Å². The Morgan fingerprint density at radius 1 is 0.960 bits per heavy atom. The van der Waals surface area contributed by atoms with E-state index >= 15 is 0 Å². The zero-order valence-corrected chi connectivity index (χ0v) is 27.9. The van der Waals surface area contributed by atoms with Gasteiger partial charge in [0.1, 0.15) is 23.5 Å². The minimum atomic E-state index is -1.31. The van der Waals surface area contributed by atoms with E-state index in [-0.39, 0.29) is 48.6 Å². The number of nitrogens with one attached hydrogen (secondary N) is 2. The summed E-state index contributed by atoms with van der Waals surface area (Å²) in [4.78, 5) is 60.3. The minimum absolute atomic E-state index is 0.00956. The van der Waals surface area contributed by atoms with Crippen LogP contribution in [0.1, 0.15) is 42.4 Å². The summed E-state index contributed by atoms with van der Waals surface area (Å²) in [6, 6.07) is 28.6. The molecule has 3 aromatic carbocycles. The number of aromatic nitrogens is 2. The van der Waals surface area contributed by atoms with Crippen molar-refractivity contribution in [2.45, 2.75) is 31.7 Å². The normalized spacial score (nSPS) is 19.3. The number of carbonyl (C=O) groups excluding carboxylic acids is 4. The molecule has 11 nitrogen and oxygen atoms in total. The van der Waals surface area contributed by atoms with Gasteiger partial charge in [-0.3, -0.25) is 23.9 Å². The molecule has 5 heterocycles. The quantitative estimate of drug-likeness (QED) is 0.236. The van der Waals surface area contributed by atoms with Gasteiger partial charge in [-0.05, 0) is 46.3 Å². The predicted molar refractivity (Wildman–Crippen MR) is 186 cm³/mol. The second-order valence-electron chi connectivity index (χ2n) is 12.8. The lowest BCUT2D eigenvalue weighted by molar-refractivity contribution is -0.131. The maximum atomic E-state index is 14.3. The third-order valence-electron chi connectivity index (χ3n) is 9.78. The summed E-state index contributed by atoms with van der Waals surface area (Å²) in [5.41, 5.74) is 2.26. The fourth-order valence-electron chi connectivity index (χ4n) is 7.27. The first kappa shape index (κ1) is 31.5. The molecule has 2 aromatic heterocycles. The monoisotopic (exact) mass is 686 g/mol. The topological polar surface area (TPSA) is 126 Å². The molecule has 1 spiro atoms. The number of thiophene rings is 1. The molecular weight excluding hydrogens is 653 g/mol. The van der Waals surface area contributed by atoms with Crippen LogP contribution in [0.15, 0.2) is 103 Å². The molecule has 252 valence electrons. The summed E-state index contributed by atoms with van der Waals surface area (Å²) in [6.07, 6.45) is 1.43. The summed E-state index contributed by atoms with van der Waals surface area (Å²) in [5, 5.41) is 12.3. The van der Waals surface area contributed by atoms with Crippen LogP contribution in [0.2, 0.25) is 0 Å². The second-order valence-corrected chi connectivity index (χ2v) is 13.8. The molecule has 2 N–H and O–H groups in total. The van der Waals surface area contributed by atoms with Gasteiger partial charge in [0.15, 0.2) is 0 Å². The Morgan fingerprint density at radius 3 is 2.62 bits per heavy atom. The molecular formula is C38H34N6O5S. The molecule has 3 aliphatic heterocycles. The first-order valence-corrected chi connectivity index (χ1v) is 17.4. The van der Waals surface area contributed by atoms with Crippen LogP contribution in [-0.2, 0) is 41.2 Å². The molecule has 0 radical (unpaired) electrons. The first-order chi connectivity index (χ1) is 24.4. The third kappa shape index (κ3) is 5.61. The van der Waals surface area contributed by atoms with E-state index in [0.717, 1.165) is 16.0 Å². The lowest BCUT2D eigenvalue weighted by atomic mass is 9.73. The Labute approximate surface area is 292 Å². The van der Waals surface area contributed by atoms with Crippen molar-refractivity contribution in [2.75, 3.05) is 25.0 Å². The zero-order valence-electron chi connectivity index (χ0n) is 27.1. The molecule has 2 unspecified atom stereocenters. The van der Waals surface area contributed by atoms with Crippen LogP contribution >= 0.6 is 11.3 Å². The van der Waals surface area contributed by atoms with E-state index in [0.29, 0.717) is 43.2 Å². The molecule has 5 aromatic rings. The third-order valence-corrected chi connectivity index (χ3v) is 10.6. The van der Waals surface area contributed by atoms with Gasteiger partial charge in [-0.25, -0.2) is 0 Å². The highest BCUT2D eigenvalue weighted by Crippen LogP contribution is 2.48. The number of carbonyl (C=O) groups is 4. The molecule has 0 aliphatic carbocycles. The van der Waals surface area contributed by atoms with Crippen molar-refractivity contribution in [3.63, 3.8) is 0 Å². The minimum Gasteiger partial charge on any atom is -0.489 e. The summed E-state index contributed by atoms with van der Waals surface area (Å²) >= 11 is 1.57. The SMILES string of the molecule is O=C(NCc1cccc(OCc2ccccc2)c1)C1CN(C(=O)c2cnn3c2C(=O)N(Cc2cccs2)CC3)CC12C(=O)Nc1ccccc12. The lowest BCUT2D eigenvalue weighted by Gasteiger charge is -2.28. The average Bonchev–Trinajstić information content (AvgIpc) is 3.95. The van der Waals surface area contributed by atoms with Crippen LogP contribution < -0.4 is 15.4 Å². The number of likely N-dealkylation sites (tertiary alicyclic amines) is 1. The molecule has 2 atom stereocenters. The van der Waals surface area contributed by atoms with Gasteiger partial charge in [-0.15, -0.1) is 11.3 Å². The van der Waals surface area contributed by atoms with E-state index in [1.54, 1.807) is 27.0 Å². The molecule has 8 rings (SSSR count). The summed E-state index contributed by atoms with van der Waals surface area (Å²) < 4.78 is 7.56. The van der Waals surface area contributed by atoms with Crippen molar-refractivity contribution in [1.82, 2.24) is 24.9 Å². The maximum Gasteiger partial charge on any atom is 0.273 e. The number of amides is 4. The molecule has 12 heteroatoms. The molecule has 3 aliphatic rings. The van der Waals surface area contributed by atoms with Gasteiger partial charge in [-0.2, -0.15) is 5.10 Å². The fraction of sp³-hybridized carbons (Fsp3) is 0.237. The van der Waals surface area contributed by atoms with E-state index in [1.807, 2.05) is 90.3 Å². The average molecular weight is 687 g/mol. The highest BCUT2D eigenvalue weighted by Gasteiger charge is 2.61. The Hall–Kier alpha value is -5.75. The fourth-order valence-corrected chi connectivity index (χ4v) is 7.99. The van der Waals surface area contributed by atoms with Crippen LogP contribution in [-0.4, -0.2) is 62.8 Å². The number of ether oxygens (including phenoxy) is 1. The van der Waals surface area contributed by atoms with E-state index in [1.165, 1.54) is 11.1 Å². The summed E-state index contributed by atoms with van der Waals surface area (Å²) in [6.45, 7) is 1.98. The molecule has 50 heavy (non-hydrogen) atoms. The van der Waals surface area contributed by atoms with Gasteiger partial charge in [0.2, 0.25) is 11.8 Å². The second kappa shape index (κ2) is 12.9. The Kier molecular flexibility index (Phi) is 8.15. The number of hydrogen-bond acceptors (Lipinski definition) is 7. The van der Waals surface area contributed by atoms with E-state index < -0.39 is 17.2 Å². The number of fused-ring (bicyclic) bond motifs is 3. The van der Waals surface area contributed by atoms with Crippen molar-refractivity contribution < 1.29 is 23.9 Å². The van der Waals surface area contributed by atoms with Crippen molar-refractivity contribution in [3.05, 3.63) is 135 Å². The molecule has 0 saturated carbocycles. The Morgan fingerprint density at radius 2 is 1.78 bits per heavy atom. The highest BCUT2D eigenvalue weighted by molar-refractivity contribution is 7.09. The van der Waals surface area contributed by atoms with Gasteiger partial charge in [0, 0.05) is 36.7 Å². The van der Waals surface area contributed by atoms with Crippen molar-refractivity contribution in [2.24, 2.45) is 5.92 Å². The number of hydrogen-bond donors (Lipinski definition) is 2. The number of nitrogens with zero attached hydrogens (tertiary/aromatic N) is 4. The van der Waals surface area contributed by atoms with Gasteiger partial charge in [0.05, 0.1) is 30.8 Å². The van der Waals surface area contributed by atoms with Crippen LogP contribution in [0.5, 0.6) is 5.75 Å². The number of para-hydroxylation sites is 1. The first-order valence-electron chi connectivity index (χ1n) is 16.5. The van der Waals surface area contributed by atoms with Crippen LogP contribution in [0.4, 0.5) is 5.69 Å². The predicted octanol–water partition coefficient (Wildman–Crippen LogP) is 4.46. The summed E-state index contributed by atoms with van der Waals surface area (Å²) in [5.74, 6) is -1.60. The van der Waals surface area contributed by atoms with Crippen molar-refractivity contribution >= 4 is 40.7 Å². The van der Waals surface area contributed by atoms with E-state index in [2.05, 4.69) is 15.7 Å². The van der Waals surface area contributed by atoms with Crippen molar-refractivity contribution in [3.8, 4) is 5.75 Å². The van der Waals surface area contributed by atoms with Crippen LogP contribution in [0.3, 0.4) is 0 Å². The van der Waals surface area contributed by atoms with E-state index in [4.69, 9.17) is 4.74 Å². The molecule has 4 amide bonds. The van der Waals surface area contributed by atoms with Gasteiger partial charge in [0.25, 0.3) is 11.8 Å². The van der Waals surface area contributed by atoms with Crippen molar-refractivity contribution in [1.29, 1.82) is 0 Å². The lowest BCUT2D eigenvalue weighted by Crippen LogP contribution is -2.48. The Bertz CT molecular complexity index is 2100. The van der Waals surface area contributed by atoms with Gasteiger partial charge >= 0.3 is 0 Å². The standard InChI is InChI=1S/C38H34N6O5S/c45-34(39-19-26-10-6-11-27(18-26)49-23-25-8-2-1-3-9-25)31-22-43(24-38(31)30-13-4-5-14-32(30)41-37(38)48)35(46)29-20-40-44-16-15-42(36(47)33(29)44)21-28-12-7-17-50-28/h1-14,17-18,20,31H,15-16,19,21-24H2,(H,39,45)(H,41,48). The zero-order chi connectivity index (χ0) is 34.2. The largest absolute Gasteiger partial charge is 0.489 e. The maximum absolute atomic E-state index is 14.3. The molecule has 0 bridgehead atoms. The number of rotatable bonds is 9. The smallest absolute Gasteiger partial charge is 0.273 e. The molecule has 1 saturated heterocycles.